The third-order valence-corrected chi connectivity index (χ3v) is 3.76. The molecule has 1 aliphatic heterocycles. The number of nitrogens with one attached hydrogen (secondary N) is 1. The highest BCUT2D eigenvalue weighted by Crippen LogP contribution is 2.29. The van der Waals surface area contributed by atoms with Crippen molar-refractivity contribution < 1.29 is 14.3 Å². The normalized spacial score (nSPS) is 17.6. The summed E-state index contributed by atoms with van der Waals surface area (Å²) >= 11 is 3.39. The van der Waals surface area contributed by atoms with Gasteiger partial charge in [-0.25, -0.2) is 4.79 Å². The number of amides is 3. The van der Waals surface area contributed by atoms with Gasteiger partial charge in [-0.1, -0.05) is 15.9 Å². The molecule has 19 heavy (non-hydrogen) atoms. The second-order valence-electron chi connectivity index (χ2n) is 4.86. The number of benzene rings is 1. The number of hydrogen-bond donors (Lipinski definition) is 1. The van der Waals surface area contributed by atoms with Gasteiger partial charge in [-0.3, -0.25) is 10.1 Å². The van der Waals surface area contributed by atoms with E-state index in [1.165, 1.54) is 4.90 Å². The van der Waals surface area contributed by atoms with Crippen LogP contribution in [0.25, 0.3) is 0 Å². The summed E-state index contributed by atoms with van der Waals surface area (Å²) in [4.78, 5) is 25.0. The van der Waals surface area contributed by atoms with Crippen LogP contribution in [0.4, 0.5) is 4.79 Å². The number of carbonyl (C=O) groups excluding carboxylic acids is 2. The van der Waals surface area contributed by atoms with Crippen LogP contribution in [0.15, 0.2) is 22.7 Å². The fraction of sp³-hybridized carbons (Fsp3) is 0.385. The minimum absolute atomic E-state index is 0.286. The van der Waals surface area contributed by atoms with Crippen molar-refractivity contribution in [3.8, 4) is 5.75 Å². The van der Waals surface area contributed by atoms with Crippen molar-refractivity contribution in [2.75, 3.05) is 7.11 Å². The van der Waals surface area contributed by atoms with Crippen molar-refractivity contribution in [1.82, 2.24) is 10.2 Å². The molecule has 0 radical (unpaired) electrons. The molecule has 1 heterocycles. The van der Waals surface area contributed by atoms with Gasteiger partial charge in [0, 0.05) is 10.0 Å². The Morgan fingerprint density at radius 3 is 2.58 bits per heavy atom. The first-order valence-electron chi connectivity index (χ1n) is 5.81. The maximum absolute atomic E-state index is 11.8. The summed E-state index contributed by atoms with van der Waals surface area (Å²) in [5.41, 5.74) is -0.0143. The second-order valence-corrected chi connectivity index (χ2v) is 5.78. The number of hydrogen-bond acceptors (Lipinski definition) is 3. The highest BCUT2D eigenvalue weighted by Gasteiger charge is 2.45. The third-order valence-electron chi connectivity index (χ3n) is 3.27. The molecule has 1 aliphatic rings. The maximum atomic E-state index is 11.8. The molecule has 0 saturated carbocycles. The summed E-state index contributed by atoms with van der Waals surface area (Å²) in [6.45, 7) is 3.75. The van der Waals surface area contributed by atoms with E-state index in [-0.39, 0.29) is 11.9 Å². The summed E-state index contributed by atoms with van der Waals surface area (Å²) in [7, 11) is 1.58. The van der Waals surface area contributed by atoms with Crippen LogP contribution in [0, 0.1) is 0 Å². The molecule has 6 heteroatoms. The topological polar surface area (TPSA) is 58.6 Å². The van der Waals surface area contributed by atoms with E-state index in [1.54, 1.807) is 21.0 Å². The highest BCUT2D eigenvalue weighted by atomic mass is 79.9. The molecule has 0 aliphatic carbocycles. The van der Waals surface area contributed by atoms with Gasteiger partial charge in [0.25, 0.3) is 5.91 Å². The lowest BCUT2D eigenvalue weighted by Gasteiger charge is -2.28. The average Bonchev–Trinajstić information content (AvgIpc) is 2.52. The minimum Gasteiger partial charge on any atom is -0.496 e. The molecule has 0 unspecified atom stereocenters. The maximum Gasteiger partial charge on any atom is 0.325 e. The van der Waals surface area contributed by atoms with E-state index in [4.69, 9.17) is 4.74 Å². The molecule has 102 valence electrons. The Morgan fingerprint density at radius 1 is 1.37 bits per heavy atom. The lowest BCUT2D eigenvalue weighted by atomic mass is 10.0. The van der Waals surface area contributed by atoms with E-state index in [0.717, 1.165) is 10.0 Å². The SMILES string of the molecule is COc1ccc(Br)cc1CN1C(=O)NC(=O)C1(C)C. The van der Waals surface area contributed by atoms with Gasteiger partial charge in [0.1, 0.15) is 11.3 Å². The predicted octanol–water partition coefficient (Wildman–Crippen LogP) is 2.29. The Kier molecular flexibility index (Phi) is 3.54. The monoisotopic (exact) mass is 326 g/mol. The van der Waals surface area contributed by atoms with Gasteiger partial charge in [-0.15, -0.1) is 0 Å². The van der Waals surface area contributed by atoms with Crippen LogP contribution in [0.3, 0.4) is 0 Å². The van der Waals surface area contributed by atoms with Crippen molar-refractivity contribution in [2.24, 2.45) is 0 Å². The van der Waals surface area contributed by atoms with Gasteiger partial charge >= 0.3 is 6.03 Å². The number of ether oxygens (including phenoxy) is 1. The number of imide groups is 1. The number of halogens is 1. The molecule has 5 nitrogen and oxygen atoms in total. The average molecular weight is 327 g/mol. The molecular weight excluding hydrogens is 312 g/mol. The Balaban J connectivity index is 2.33. The molecule has 0 spiro atoms. The Labute approximate surface area is 120 Å². The van der Waals surface area contributed by atoms with Crippen molar-refractivity contribution in [3.05, 3.63) is 28.2 Å². The largest absolute Gasteiger partial charge is 0.496 e. The molecular formula is C13H15BrN2O3. The minimum atomic E-state index is -0.857. The van der Waals surface area contributed by atoms with Crippen molar-refractivity contribution in [3.63, 3.8) is 0 Å². The summed E-state index contributed by atoms with van der Waals surface area (Å²) < 4.78 is 6.17. The first-order valence-corrected chi connectivity index (χ1v) is 6.61. The summed E-state index contributed by atoms with van der Waals surface area (Å²) in [5.74, 6) is 0.401. The number of nitrogens with zero attached hydrogens (tertiary/aromatic N) is 1. The van der Waals surface area contributed by atoms with Crippen LogP contribution in [0.2, 0.25) is 0 Å². The van der Waals surface area contributed by atoms with Gasteiger partial charge in [0.2, 0.25) is 0 Å². The van der Waals surface area contributed by atoms with Crippen LogP contribution >= 0.6 is 15.9 Å². The quantitative estimate of drug-likeness (QED) is 0.867. The lowest BCUT2D eigenvalue weighted by molar-refractivity contribution is -0.125. The molecule has 3 amide bonds. The van der Waals surface area contributed by atoms with E-state index in [2.05, 4.69) is 21.2 Å². The van der Waals surface area contributed by atoms with Gasteiger partial charge in [0.05, 0.1) is 13.7 Å². The highest BCUT2D eigenvalue weighted by molar-refractivity contribution is 9.10. The van der Waals surface area contributed by atoms with Gasteiger partial charge in [0.15, 0.2) is 0 Å². The van der Waals surface area contributed by atoms with E-state index in [9.17, 15) is 9.59 Å². The van der Waals surface area contributed by atoms with Crippen LogP contribution < -0.4 is 10.1 Å². The van der Waals surface area contributed by atoms with Crippen LogP contribution in [0.1, 0.15) is 19.4 Å². The number of rotatable bonds is 3. The smallest absolute Gasteiger partial charge is 0.325 e. The molecule has 1 N–H and O–H groups in total. The first kappa shape index (κ1) is 13.9. The van der Waals surface area contributed by atoms with E-state index >= 15 is 0 Å². The summed E-state index contributed by atoms with van der Waals surface area (Å²) in [6.07, 6.45) is 0. The zero-order chi connectivity index (χ0) is 14.2. The van der Waals surface area contributed by atoms with Crippen LogP contribution in [-0.2, 0) is 11.3 Å². The third kappa shape index (κ3) is 2.45. The predicted molar refractivity (Wildman–Crippen MR) is 73.9 cm³/mol. The van der Waals surface area contributed by atoms with Gasteiger partial charge < -0.3 is 9.64 Å². The molecule has 0 bridgehead atoms. The first-order chi connectivity index (χ1) is 8.86. The number of urea groups is 1. The van der Waals surface area contributed by atoms with Crippen LogP contribution in [-0.4, -0.2) is 29.5 Å². The van der Waals surface area contributed by atoms with E-state index in [0.29, 0.717) is 12.3 Å². The zero-order valence-electron chi connectivity index (χ0n) is 11.0. The molecule has 0 aromatic heterocycles. The number of methoxy groups -OCH3 is 1. The second kappa shape index (κ2) is 4.85. The van der Waals surface area contributed by atoms with E-state index < -0.39 is 5.54 Å². The van der Waals surface area contributed by atoms with Crippen molar-refractivity contribution in [1.29, 1.82) is 0 Å². The Bertz CT molecular complexity index is 543. The summed E-state index contributed by atoms with van der Waals surface area (Å²) in [6, 6.07) is 5.19. The van der Waals surface area contributed by atoms with Gasteiger partial charge in [-0.05, 0) is 32.0 Å². The van der Waals surface area contributed by atoms with Crippen molar-refractivity contribution in [2.45, 2.75) is 25.9 Å². The fourth-order valence-electron chi connectivity index (χ4n) is 2.00. The summed E-state index contributed by atoms with van der Waals surface area (Å²) in [5, 5.41) is 2.33. The number of carbonyl (C=O) groups is 2. The molecule has 1 saturated heterocycles. The molecule has 1 aromatic rings. The molecule has 1 aromatic carbocycles. The zero-order valence-corrected chi connectivity index (χ0v) is 12.6. The van der Waals surface area contributed by atoms with Gasteiger partial charge in [-0.2, -0.15) is 0 Å². The van der Waals surface area contributed by atoms with Crippen molar-refractivity contribution >= 4 is 27.9 Å². The fourth-order valence-corrected chi connectivity index (χ4v) is 2.41. The molecule has 1 fully saturated rings. The molecule has 2 rings (SSSR count). The Hall–Kier alpha value is -1.56. The molecule has 0 atom stereocenters. The van der Waals surface area contributed by atoms with Crippen LogP contribution in [0.5, 0.6) is 5.75 Å². The lowest BCUT2D eigenvalue weighted by Crippen LogP contribution is -2.43. The van der Waals surface area contributed by atoms with E-state index in [1.807, 2.05) is 18.2 Å². The Morgan fingerprint density at radius 2 is 2.05 bits per heavy atom. The standard InChI is InChI=1S/C13H15BrN2O3/c1-13(2)11(17)15-12(18)16(13)7-8-6-9(14)4-5-10(8)19-3/h4-6H,7H2,1-3H3,(H,15,17,18).